The van der Waals surface area contributed by atoms with Crippen molar-refractivity contribution in [3.8, 4) is 11.5 Å². The minimum atomic E-state index is -0.271. The molecule has 2 N–H and O–H groups in total. The van der Waals surface area contributed by atoms with Crippen molar-refractivity contribution in [2.75, 3.05) is 12.4 Å². The Morgan fingerprint density at radius 3 is 2.65 bits per heavy atom. The average Bonchev–Trinajstić information content (AvgIpc) is 2.97. The zero-order chi connectivity index (χ0) is 16.4. The molecule has 3 rings (SSSR count). The number of nitrogens with one attached hydrogen (secondary N) is 2. The average molecular weight is 330 g/mol. The Balaban J connectivity index is 1.89. The first kappa shape index (κ1) is 15.5. The SMILES string of the molecule is CNC(C)C(=O)Nc1ccc2oc(-c3ccc(Cl)cc3)nc2c1. The maximum absolute atomic E-state index is 11.9. The number of oxazole rings is 1. The van der Waals surface area contributed by atoms with Crippen LogP contribution in [0.15, 0.2) is 46.9 Å². The lowest BCUT2D eigenvalue weighted by molar-refractivity contribution is -0.117. The van der Waals surface area contributed by atoms with Gasteiger partial charge < -0.3 is 15.1 Å². The molecule has 0 saturated heterocycles. The number of benzene rings is 2. The number of fused-ring (bicyclic) bond motifs is 1. The van der Waals surface area contributed by atoms with Gasteiger partial charge in [-0.1, -0.05) is 11.6 Å². The van der Waals surface area contributed by atoms with Crippen LogP contribution in [-0.2, 0) is 4.79 Å². The molecule has 0 saturated carbocycles. The zero-order valence-electron chi connectivity index (χ0n) is 12.8. The number of anilines is 1. The van der Waals surface area contributed by atoms with Gasteiger partial charge in [0.15, 0.2) is 5.58 Å². The zero-order valence-corrected chi connectivity index (χ0v) is 13.5. The van der Waals surface area contributed by atoms with Crippen LogP contribution in [0.4, 0.5) is 5.69 Å². The second kappa shape index (κ2) is 6.40. The van der Waals surface area contributed by atoms with Gasteiger partial charge in [-0.15, -0.1) is 0 Å². The minimum absolute atomic E-state index is 0.103. The molecule has 2 aromatic carbocycles. The Labute approximate surface area is 138 Å². The summed E-state index contributed by atoms with van der Waals surface area (Å²) in [6.07, 6.45) is 0. The third-order valence-electron chi connectivity index (χ3n) is 3.57. The number of halogens is 1. The summed E-state index contributed by atoms with van der Waals surface area (Å²) < 4.78 is 5.74. The first-order valence-electron chi connectivity index (χ1n) is 7.21. The molecule has 1 unspecified atom stereocenters. The maximum atomic E-state index is 11.9. The predicted octanol–water partition coefficient (Wildman–Crippen LogP) is 3.69. The highest BCUT2D eigenvalue weighted by atomic mass is 35.5. The lowest BCUT2D eigenvalue weighted by atomic mass is 10.2. The fourth-order valence-corrected chi connectivity index (χ4v) is 2.23. The van der Waals surface area contributed by atoms with E-state index in [-0.39, 0.29) is 11.9 Å². The summed E-state index contributed by atoms with van der Waals surface area (Å²) in [7, 11) is 1.74. The third-order valence-corrected chi connectivity index (χ3v) is 3.82. The van der Waals surface area contributed by atoms with Crippen LogP contribution in [-0.4, -0.2) is 24.0 Å². The number of aromatic nitrogens is 1. The van der Waals surface area contributed by atoms with Crippen LogP contribution >= 0.6 is 11.6 Å². The molecule has 0 bridgehead atoms. The van der Waals surface area contributed by atoms with Crippen LogP contribution in [0.25, 0.3) is 22.6 Å². The quantitative estimate of drug-likeness (QED) is 0.766. The highest BCUT2D eigenvalue weighted by Gasteiger charge is 2.12. The Hall–Kier alpha value is -2.37. The van der Waals surface area contributed by atoms with E-state index in [1.165, 1.54) is 0 Å². The molecule has 6 heteroatoms. The Morgan fingerprint density at radius 1 is 1.22 bits per heavy atom. The molecule has 0 aliphatic heterocycles. The molecule has 0 aliphatic carbocycles. The number of nitrogens with zero attached hydrogens (tertiary/aromatic N) is 1. The fraction of sp³-hybridized carbons (Fsp3) is 0.176. The third kappa shape index (κ3) is 3.36. The molecule has 1 heterocycles. The van der Waals surface area contributed by atoms with E-state index in [1.807, 2.05) is 12.1 Å². The molecule has 118 valence electrons. The van der Waals surface area contributed by atoms with Gasteiger partial charge in [-0.3, -0.25) is 4.79 Å². The number of likely N-dealkylation sites (N-methyl/N-ethyl adjacent to an activating group) is 1. The van der Waals surface area contributed by atoms with Crippen molar-refractivity contribution in [2.24, 2.45) is 0 Å². The van der Waals surface area contributed by atoms with Gasteiger partial charge >= 0.3 is 0 Å². The molecule has 0 radical (unpaired) electrons. The summed E-state index contributed by atoms with van der Waals surface area (Å²) in [5.41, 5.74) is 2.88. The van der Waals surface area contributed by atoms with Crippen molar-refractivity contribution in [3.05, 3.63) is 47.5 Å². The molecule has 0 spiro atoms. The molecule has 1 atom stereocenters. The second-order valence-electron chi connectivity index (χ2n) is 5.21. The van der Waals surface area contributed by atoms with Gasteiger partial charge in [-0.2, -0.15) is 0 Å². The number of hydrogen-bond donors (Lipinski definition) is 2. The van der Waals surface area contributed by atoms with E-state index < -0.39 is 0 Å². The highest BCUT2D eigenvalue weighted by Crippen LogP contribution is 2.27. The van der Waals surface area contributed by atoms with Gasteiger partial charge in [0, 0.05) is 16.3 Å². The Bertz CT molecular complexity index is 843. The molecule has 1 aromatic heterocycles. The summed E-state index contributed by atoms with van der Waals surface area (Å²) in [6.45, 7) is 1.79. The summed E-state index contributed by atoms with van der Waals surface area (Å²) >= 11 is 5.89. The van der Waals surface area contributed by atoms with Crippen molar-refractivity contribution < 1.29 is 9.21 Å². The van der Waals surface area contributed by atoms with E-state index in [4.69, 9.17) is 16.0 Å². The molecule has 5 nitrogen and oxygen atoms in total. The van der Waals surface area contributed by atoms with Crippen molar-refractivity contribution in [2.45, 2.75) is 13.0 Å². The van der Waals surface area contributed by atoms with Crippen LogP contribution in [0.1, 0.15) is 6.92 Å². The van der Waals surface area contributed by atoms with E-state index in [0.717, 1.165) is 5.56 Å². The predicted molar refractivity (Wildman–Crippen MR) is 91.6 cm³/mol. The van der Waals surface area contributed by atoms with Crippen molar-refractivity contribution >= 4 is 34.3 Å². The van der Waals surface area contributed by atoms with Crippen LogP contribution in [0.5, 0.6) is 0 Å². The van der Waals surface area contributed by atoms with Crippen LogP contribution in [0, 0.1) is 0 Å². The summed E-state index contributed by atoms with van der Waals surface area (Å²) in [6, 6.07) is 12.4. The Kier molecular flexibility index (Phi) is 4.32. The summed E-state index contributed by atoms with van der Waals surface area (Å²) in [5.74, 6) is 0.414. The monoisotopic (exact) mass is 329 g/mol. The van der Waals surface area contributed by atoms with Crippen LogP contribution < -0.4 is 10.6 Å². The minimum Gasteiger partial charge on any atom is -0.436 e. The maximum Gasteiger partial charge on any atom is 0.241 e. The molecular weight excluding hydrogens is 314 g/mol. The number of hydrogen-bond acceptors (Lipinski definition) is 4. The van der Waals surface area contributed by atoms with E-state index in [1.54, 1.807) is 44.3 Å². The van der Waals surface area contributed by atoms with Crippen molar-refractivity contribution in [1.82, 2.24) is 10.3 Å². The van der Waals surface area contributed by atoms with Crippen LogP contribution in [0.2, 0.25) is 5.02 Å². The molecule has 1 amide bonds. The van der Waals surface area contributed by atoms with Crippen molar-refractivity contribution in [1.29, 1.82) is 0 Å². The fourth-order valence-electron chi connectivity index (χ4n) is 2.10. The van der Waals surface area contributed by atoms with Gasteiger partial charge in [0.25, 0.3) is 0 Å². The van der Waals surface area contributed by atoms with Gasteiger partial charge in [0.1, 0.15) is 5.52 Å². The largest absolute Gasteiger partial charge is 0.436 e. The normalized spacial score (nSPS) is 12.3. The van der Waals surface area contributed by atoms with Gasteiger partial charge in [-0.25, -0.2) is 4.98 Å². The van der Waals surface area contributed by atoms with E-state index >= 15 is 0 Å². The molecule has 23 heavy (non-hydrogen) atoms. The summed E-state index contributed by atoms with van der Waals surface area (Å²) in [4.78, 5) is 16.4. The smallest absolute Gasteiger partial charge is 0.241 e. The van der Waals surface area contributed by atoms with Gasteiger partial charge in [-0.05, 0) is 56.4 Å². The second-order valence-corrected chi connectivity index (χ2v) is 5.64. The van der Waals surface area contributed by atoms with E-state index in [0.29, 0.717) is 27.7 Å². The number of rotatable bonds is 4. The van der Waals surface area contributed by atoms with Crippen LogP contribution in [0.3, 0.4) is 0 Å². The van der Waals surface area contributed by atoms with E-state index in [2.05, 4.69) is 15.6 Å². The standard InChI is InChI=1S/C17H16ClN3O2/c1-10(19-2)16(22)20-13-7-8-15-14(9-13)21-17(23-15)11-3-5-12(18)6-4-11/h3-10,19H,1-2H3,(H,20,22). The molecule has 0 aliphatic rings. The van der Waals surface area contributed by atoms with Crippen molar-refractivity contribution in [3.63, 3.8) is 0 Å². The van der Waals surface area contributed by atoms with Gasteiger partial charge in [0.2, 0.25) is 11.8 Å². The Morgan fingerprint density at radius 2 is 1.96 bits per heavy atom. The van der Waals surface area contributed by atoms with Gasteiger partial charge in [0.05, 0.1) is 6.04 Å². The first-order chi connectivity index (χ1) is 11.1. The summed E-state index contributed by atoms with van der Waals surface area (Å²) in [5, 5.41) is 6.40. The lowest BCUT2D eigenvalue weighted by Gasteiger charge is -2.10. The number of carbonyl (C=O) groups excluding carboxylic acids is 1. The molecule has 3 aromatic rings. The first-order valence-corrected chi connectivity index (χ1v) is 7.59. The molecular formula is C17H16ClN3O2. The molecule has 0 fully saturated rings. The number of amides is 1. The topological polar surface area (TPSA) is 67.2 Å². The highest BCUT2D eigenvalue weighted by molar-refractivity contribution is 6.30. The lowest BCUT2D eigenvalue weighted by Crippen LogP contribution is -2.35. The van der Waals surface area contributed by atoms with E-state index in [9.17, 15) is 4.79 Å². The number of carbonyl (C=O) groups is 1.